The molecule has 0 aliphatic carbocycles. The molecule has 4 nitrogen and oxygen atoms in total. The topological polar surface area (TPSA) is 50.4 Å². The molecule has 2 aromatic carbocycles. The maximum Gasteiger partial charge on any atom is 0.246 e. The van der Waals surface area contributed by atoms with Crippen LogP contribution in [0.2, 0.25) is 10.0 Å². The minimum Gasteiger partial charge on any atom is -0.492 e. The number of hydrogen-bond donors (Lipinski definition) is 2. The number of nitrogens with one attached hydrogen (secondary N) is 2. The van der Waals surface area contributed by atoms with Crippen molar-refractivity contribution in [2.75, 3.05) is 17.2 Å². The summed E-state index contributed by atoms with van der Waals surface area (Å²) in [6.45, 7) is 4.22. The van der Waals surface area contributed by atoms with E-state index in [2.05, 4.69) is 10.6 Å². The van der Waals surface area contributed by atoms with Gasteiger partial charge >= 0.3 is 0 Å². The van der Waals surface area contributed by atoms with Gasteiger partial charge in [-0.25, -0.2) is 0 Å². The molecule has 0 heterocycles. The molecule has 1 atom stereocenters. The molecule has 1 unspecified atom stereocenters. The van der Waals surface area contributed by atoms with Crippen LogP contribution in [0.15, 0.2) is 42.5 Å². The Labute approximate surface area is 145 Å². The minimum atomic E-state index is -0.480. The molecule has 0 aliphatic rings. The summed E-state index contributed by atoms with van der Waals surface area (Å²) in [6, 6.07) is 11.9. The molecule has 0 saturated heterocycles. The molecule has 0 spiro atoms. The summed E-state index contributed by atoms with van der Waals surface area (Å²) in [4.78, 5) is 12.3. The van der Waals surface area contributed by atoms with Gasteiger partial charge < -0.3 is 15.4 Å². The first-order chi connectivity index (χ1) is 11.0. The lowest BCUT2D eigenvalue weighted by atomic mass is 10.2. The zero-order valence-corrected chi connectivity index (χ0v) is 14.4. The molecule has 2 aromatic rings. The molecule has 0 aromatic heterocycles. The number of anilines is 2. The third kappa shape index (κ3) is 4.78. The van der Waals surface area contributed by atoms with Gasteiger partial charge in [0.1, 0.15) is 11.8 Å². The van der Waals surface area contributed by atoms with Gasteiger partial charge in [0.25, 0.3) is 0 Å². The zero-order chi connectivity index (χ0) is 16.8. The van der Waals surface area contributed by atoms with Crippen molar-refractivity contribution in [1.82, 2.24) is 0 Å². The lowest BCUT2D eigenvalue weighted by Crippen LogP contribution is -2.32. The SMILES string of the molecule is CCOc1ccccc1NC(C)C(=O)Nc1cc(Cl)ccc1Cl. The van der Waals surface area contributed by atoms with Crippen LogP contribution in [-0.2, 0) is 4.79 Å². The number of benzene rings is 2. The van der Waals surface area contributed by atoms with Gasteiger partial charge in [0.2, 0.25) is 5.91 Å². The highest BCUT2D eigenvalue weighted by Gasteiger charge is 2.16. The van der Waals surface area contributed by atoms with Crippen molar-refractivity contribution < 1.29 is 9.53 Å². The van der Waals surface area contributed by atoms with Gasteiger partial charge in [-0.05, 0) is 44.2 Å². The van der Waals surface area contributed by atoms with E-state index in [0.29, 0.717) is 28.1 Å². The Kier molecular flexibility index (Phi) is 6.13. The van der Waals surface area contributed by atoms with E-state index in [0.717, 1.165) is 5.69 Å². The molecular formula is C17H18Cl2N2O2. The highest BCUT2D eigenvalue weighted by Crippen LogP contribution is 2.27. The molecular weight excluding hydrogens is 335 g/mol. The predicted octanol–water partition coefficient (Wildman–Crippen LogP) is 4.83. The van der Waals surface area contributed by atoms with E-state index in [1.54, 1.807) is 25.1 Å². The Morgan fingerprint density at radius 3 is 2.65 bits per heavy atom. The summed E-state index contributed by atoms with van der Waals surface area (Å²) >= 11 is 12.0. The maximum absolute atomic E-state index is 12.3. The average molecular weight is 353 g/mol. The fourth-order valence-electron chi connectivity index (χ4n) is 2.00. The Balaban J connectivity index is 2.07. The van der Waals surface area contributed by atoms with E-state index in [1.807, 2.05) is 31.2 Å². The molecule has 0 radical (unpaired) electrons. The normalized spacial score (nSPS) is 11.7. The third-order valence-electron chi connectivity index (χ3n) is 3.14. The molecule has 0 saturated carbocycles. The number of ether oxygens (including phenoxy) is 1. The van der Waals surface area contributed by atoms with Crippen LogP contribution in [0.3, 0.4) is 0 Å². The van der Waals surface area contributed by atoms with Crippen LogP contribution < -0.4 is 15.4 Å². The number of amides is 1. The monoisotopic (exact) mass is 352 g/mol. The van der Waals surface area contributed by atoms with Crippen molar-refractivity contribution in [1.29, 1.82) is 0 Å². The molecule has 2 N–H and O–H groups in total. The van der Waals surface area contributed by atoms with Gasteiger partial charge in [0, 0.05) is 5.02 Å². The Bertz CT molecular complexity index is 692. The van der Waals surface area contributed by atoms with Gasteiger partial charge in [-0.2, -0.15) is 0 Å². The number of carbonyl (C=O) groups excluding carboxylic acids is 1. The van der Waals surface area contributed by atoms with E-state index in [1.165, 1.54) is 0 Å². The van der Waals surface area contributed by atoms with E-state index in [4.69, 9.17) is 27.9 Å². The molecule has 0 aliphatic heterocycles. The highest BCUT2D eigenvalue weighted by molar-refractivity contribution is 6.35. The van der Waals surface area contributed by atoms with Gasteiger partial charge in [-0.15, -0.1) is 0 Å². The van der Waals surface area contributed by atoms with E-state index >= 15 is 0 Å². The van der Waals surface area contributed by atoms with Crippen LogP contribution in [-0.4, -0.2) is 18.6 Å². The standard InChI is InChI=1S/C17H18Cl2N2O2/c1-3-23-16-7-5-4-6-14(16)20-11(2)17(22)21-15-10-12(18)8-9-13(15)19/h4-11,20H,3H2,1-2H3,(H,21,22). The smallest absolute Gasteiger partial charge is 0.246 e. The first-order valence-electron chi connectivity index (χ1n) is 7.25. The third-order valence-corrected chi connectivity index (χ3v) is 3.70. The highest BCUT2D eigenvalue weighted by atomic mass is 35.5. The van der Waals surface area contributed by atoms with Crippen molar-refractivity contribution in [3.63, 3.8) is 0 Å². The number of para-hydroxylation sites is 2. The summed E-state index contributed by atoms with van der Waals surface area (Å²) in [7, 11) is 0. The first-order valence-corrected chi connectivity index (χ1v) is 8.01. The van der Waals surface area contributed by atoms with Crippen molar-refractivity contribution >= 4 is 40.5 Å². The quantitative estimate of drug-likeness (QED) is 0.782. The van der Waals surface area contributed by atoms with Crippen LogP contribution in [0.1, 0.15) is 13.8 Å². The number of rotatable bonds is 6. The largest absolute Gasteiger partial charge is 0.492 e. The first kappa shape index (κ1) is 17.4. The Hall–Kier alpha value is -1.91. The van der Waals surface area contributed by atoms with Crippen LogP contribution in [0.4, 0.5) is 11.4 Å². The number of halogens is 2. The molecule has 23 heavy (non-hydrogen) atoms. The number of carbonyl (C=O) groups is 1. The predicted molar refractivity (Wildman–Crippen MR) is 95.8 cm³/mol. The van der Waals surface area contributed by atoms with Gasteiger partial charge in [0.05, 0.1) is 23.0 Å². The van der Waals surface area contributed by atoms with Gasteiger partial charge in [0.15, 0.2) is 0 Å². The summed E-state index contributed by atoms with van der Waals surface area (Å²) < 4.78 is 5.54. The average Bonchev–Trinajstić information content (AvgIpc) is 2.53. The Morgan fingerprint density at radius 2 is 1.91 bits per heavy atom. The lowest BCUT2D eigenvalue weighted by Gasteiger charge is -2.18. The van der Waals surface area contributed by atoms with Crippen LogP contribution in [0, 0.1) is 0 Å². The van der Waals surface area contributed by atoms with Crippen molar-refractivity contribution in [3.05, 3.63) is 52.5 Å². The molecule has 6 heteroatoms. The molecule has 1 amide bonds. The van der Waals surface area contributed by atoms with Crippen LogP contribution >= 0.6 is 23.2 Å². The van der Waals surface area contributed by atoms with E-state index in [-0.39, 0.29) is 5.91 Å². The maximum atomic E-state index is 12.3. The second-order valence-corrected chi connectivity index (χ2v) is 5.75. The molecule has 122 valence electrons. The molecule has 2 rings (SSSR count). The fourth-order valence-corrected chi connectivity index (χ4v) is 2.34. The zero-order valence-electron chi connectivity index (χ0n) is 12.9. The van der Waals surface area contributed by atoms with E-state index in [9.17, 15) is 4.79 Å². The summed E-state index contributed by atoms with van der Waals surface area (Å²) in [5.74, 6) is 0.482. The summed E-state index contributed by atoms with van der Waals surface area (Å²) in [6.07, 6.45) is 0. The van der Waals surface area contributed by atoms with Gasteiger partial charge in [-0.3, -0.25) is 4.79 Å². The molecule has 0 fully saturated rings. The lowest BCUT2D eigenvalue weighted by molar-refractivity contribution is -0.116. The van der Waals surface area contributed by atoms with E-state index < -0.39 is 6.04 Å². The second-order valence-electron chi connectivity index (χ2n) is 4.91. The van der Waals surface area contributed by atoms with Crippen molar-refractivity contribution in [3.8, 4) is 5.75 Å². The second kappa shape index (κ2) is 8.09. The Morgan fingerprint density at radius 1 is 1.17 bits per heavy atom. The summed E-state index contributed by atoms with van der Waals surface area (Å²) in [5, 5.41) is 6.84. The molecule has 0 bridgehead atoms. The summed E-state index contributed by atoms with van der Waals surface area (Å²) in [5.41, 5.74) is 1.24. The van der Waals surface area contributed by atoms with Crippen molar-refractivity contribution in [2.45, 2.75) is 19.9 Å². The fraction of sp³-hybridized carbons (Fsp3) is 0.235. The van der Waals surface area contributed by atoms with Gasteiger partial charge in [-0.1, -0.05) is 35.3 Å². The van der Waals surface area contributed by atoms with Crippen molar-refractivity contribution in [2.24, 2.45) is 0 Å². The van der Waals surface area contributed by atoms with Crippen LogP contribution in [0.25, 0.3) is 0 Å². The minimum absolute atomic E-state index is 0.222. The van der Waals surface area contributed by atoms with Crippen LogP contribution in [0.5, 0.6) is 5.75 Å². The number of hydrogen-bond acceptors (Lipinski definition) is 3.